The molecule has 1 fully saturated rings. The van der Waals surface area contributed by atoms with Gasteiger partial charge in [-0.2, -0.15) is 0 Å². The van der Waals surface area contributed by atoms with Crippen LogP contribution in [-0.4, -0.2) is 103 Å². The molecule has 0 unspecified atom stereocenters. The number of benzene rings is 3. The molecule has 0 radical (unpaired) electrons. The first kappa shape index (κ1) is 74.2. The fraction of sp³-hybridized carbons (Fsp3) is 0.639. The maximum Gasteiger partial charge on any atom is 0.509 e. The van der Waals surface area contributed by atoms with Crippen molar-refractivity contribution in [1.82, 2.24) is 5.32 Å². The maximum absolute atomic E-state index is 14.4. The molecule has 1 N–H and O–H groups in total. The van der Waals surface area contributed by atoms with Crippen LogP contribution in [0, 0.1) is 0 Å². The predicted molar refractivity (Wildman–Crippen MR) is 342 cm³/mol. The summed E-state index contributed by atoms with van der Waals surface area (Å²) in [7, 11) is 0. The number of unbranched alkanes of at least 4 members (excludes halogenated alkanes) is 23. The van der Waals surface area contributed by atoms with E-state index >= 15 is 0 Å². The lowest BCUT2D eigenvalue weighted by Gasteiger charge is -2.49. The molecule has 16 nitrogen and oxygen atoms in total. The summed E-state index contributed by atoms with van der Waals surface area (Å²) >= 11 is 0. The third kappa shape index (κ3) is 30.3. The van der Waals surface area contributed by atoms with Crippen LogP contribution in [0.5, 0.6) is 0 Å². The number of allylic oxidation sites excluding steroid dienone is 1. The first-order valence-electron chi connectivity index (χ1n) is 33.0. The van der Waals surface area contributed by atoms with Gasteiger partial charge in [0.2, 0.25) is 11.7 Å². The highest BCUT2D eigenvalue weighted by atomic mass is 16.8. The van der Waals surface area contributed by atoms with Gasteiger partial charge in [0.15, 0.2) is 18.3 Å². The monoisotopic (exact) mass is 1230 g/mol. The molecule has 3 aromatic carbocycles. The highest BCUT2D eigenvalue weighted by Crippen LogP contribution is 2.38. The summed E-state index contributed by atoms with van der Waals surface area (Å²) in [4.78, 5) is 84.5. The molecule has 0 bridgehead atoms. The Morgan fingerprint density at radius 1 is 0.523 bits per heavy atom. The lowest BCUT2D eigenvalue weighted by Crippen LogP contribution is -2.68. The van der Waals surface area contributed by atoms with Crippen molar-refractivity contribution in [1.29, 1.82) is 0 Å². The molecule has 4 rings (SSSR count). The number of nitrogens with one attached hydrogen (secondary N) is 1. The van der Waals surface area contributed by atoms with Crippen LogP contribution in [0.25, 0.3) is 0 Å². The maximum atomic E-state index is 14.4. The van der Waals surface area contributed by atoms with Gasteiger partial charge in [-0.1, -0.05) is 216 Å². The molecule has 7 atom stereocenters. The second-order valence-electron chi connectivity index (χ2n) is 25.4. The number of carbonyl (C=O) groups is 6. The van der Waals surface area contributed by atoms with Gasteiger partial charge in [0.25, 0.3) is 0 Å². The third-order valence-corrected chi connectivity index (χ3v) is 15.1. The molecule has 0 spiro atoms. The van der Waals surface area contributed by atoms with Crippen molar-refractivity contribution < 1.29 is 71.4 Å². The summed E-state index contributed by atoms with van der Waals surface area (Å²) in [5, 5.41) is 3.13. The minimum Gasteiger partial charge on any atom is -0.452 e. The van der Waals surface area contributed by atoms with E-state index in [1.54, 1.807) is 114 Å². The molecule has 1 amide bonds. The van der Waals surface area contributed by atoms with Crippen LogP contribution in [0.2, 0.25) is 0 Å². The molecule has 1 saturated heterocycles. The molecule has 16 heteroatoms. The zero-order chi connectivity index (χ0) is 64.1. The Kier molecular flexibility index (Phi) is 34.7. The number of carbonyl (C=O) groups excluding carboxylic acids is 6. The molecule has 490 valence electrons. The van der Waals surface area contributed by atoms with Crippen molar-refractivity contribution in [3.8, 4) is 0 Å². The van der Waals surface area contributed by atoms with Gasteiger partial charge in [0.1, 0.15) is 30.0 Å². The number of ether oxygens (including phenoxy) is 9. The minimum absolute atomic E-state index is 0.0941. The number of hydrogen-bond acceptors (Lipinski definition) is 15. The summed E-state index contributed by atoms with van der Waals surface area (Å²) in [5.74, 6) is -4.99. The lowest BCUT2D eigenvalue weighted by atomic mass is 9.92. The fourth-order valence-corrected chi connectivity index (χ4v) is 10.4. The average molecular weight is 1230 g/mol. The Labute approximate surface area is 526 Å². The van der Waals surface area contributed by atoms with Crippen molar-refractivity contribution in [2.24, 2.45) is 0 Å². The Morgan fingerprint density at radius 2 is 0.943 bits per heavy atom. The Balaban J connectivity index is 1.76. The Morgan fingerprint density at radius 3 is 1.41 bits per heavy atom. The summed E-state index contributed by atoms with van der Waals surface area (Å²) in [6, 6.07) is 23.5. The quantitative estimate of drug-likeness (QED) is 0.0243. The predicted octanol–water partition coefficient (Wildman–Crippen LogP) is 17.3. The van der Waals surface area contributed by atoms with E-state index in [0.717, 1.165) is 51.4 Å². The van der Waals surface area contributed by atoms with Crippen LogP contribution >= 0.6 is 0 Å². The number of rotatable bonds is 41. The van der Waals surface area contributed by atoms with Crippen molar-refractivity contribution in [3.05, 3.63) is 120 Å². The molecule has 1 aliphatic rings. The molecule has 0 aromatic heterocycles. The van der Waals surface area contributed by atoms with E-state index in [9.17, 15) is 28.8 Å². The summed E-state index contributed by atoms with van der Waals surface area (Å²) < 4.78 is 55.5. The van der Waals surface area contributed by atoms with Gasteiger partial charge in [-0.15, -0.1) is 0 Å². The van der Waals surface area contributed by atoms with Crippen LogP contribution in [0.3, 0.4) is 0 Å². The highest BCUT2D eigenvalue weighted by molar-refractivity contribution is 5.91. The van der Waals surface area contributed by atoms with Crippen molar-refractivity contribution in [3.63, 3.8) is 0 Å². The van der Waals surface area contributed by atoms with Crippen LogP contribution < -0.4 is 5.32 Å². The lowest BCUT2D eigenvalue weighted by molar-refractivity contribution is -0.356. The average Bonchev–Trinajstić information content (AvgIpc) is 1.50. The molecule has 0 aliphatic carbocycles. The smallest absolute Gasteiger partial charge is 0.452 e. The first-order valence-corrected chi connectivity index (χ1v) is 33.0. The molecule has 88 heavy (non-hydrogen) atoms. The molecule has 1 heterocycles. The fourth-order valence-electron chi connectivity index (χ4n) is 10.4. The van der Waals surface area contributed by atoms with Gasteiger partial charge >= 0.3 is 30.2 Å². The molecule has 0 saturated carbocycles. The van der Waals surface area contributed by atoms with Gasteiger partial charge in [0.05, 0.1) is 29.3 Å². The molecular formula is C72H107NO15. The minimum atomic E-state index is -2.22. The van der Waals surface area contributed by atoms with Gasteiger partial charge in [-0.3, -0.25) is 4.79 Å². The van der Waals surface area contributed by atoms with E-state index in [1.807, 2.05) is 6.08 Å². The van der Waals surface area contributed by atoms with Gasteiger partial charge in [0, 0.05) is 6.42 Å². The van der Waals surface area contributed by atoms with E-state index in [2.05, 4.69) is 19.2 Å². The van der Waals surface area contributed by atoms with Crippen molar-refractivity contribution in [2.75, 3.05) is 13.2 Å². The second kappa shape index (κ2) is 41.1. The molecule has 3 aromatic rings. The van der Waals surface area contributed by atoms with Gasteiger partial charge < -0.3 is 47.9 Å². The highest BCUT2D eigenvalue weighted by Gasteiger charge is 2.60. The number of hydrogen-bond donors (Lipinski definition) is 1. The van der Waals surface area contributed by atoms with Crippen molar-refractivity contribution in [2.45, 2.75) is 283 Å². The van der Waals surface area contributed by atoms with Crippen LogP contribution in [0.4, 0.5) is 9.59 Å². The standard InChI is InChI=1S/C72H107NO15/c1-10-12-14-16-18-20-22-24-26-28-30-32-43-51-59(82-65(75)55-45-37-34-38-46-55)58(73-61(74)52-44-33-31-29-27-25-23-21-19-17-15-13-11-2)53-81-72(9)64(85-67(77)57-49-41-36-42-50-57)63(83-66(76)56-47-39-35-40-48-56)62(84-69(79)88-71(6,7)8)60(86-72)54-80-68(78)87-70(3,4)5/h34-43,45-51,58-60,62-64H,10-33,44,52-54H2,1-9H3,(H,73,74)/b51-43+/t58-,59+,60+,62-,63-,64+,72-/m0/s1. The summed E-state index contributed by atoms with van der Waals surface area (Å²) in [6.07, 6.45) is 22.1. The zero-order valence-corrected chi connectivity index (χ0v) is 54.7. The third-order valence-electron chi connectivity index (χ3n) is 15.1. The Hall–Kier alpha value is -6.26. The summed E-state index contributed by atoms with van der Waals surface area (Å²) in [5.41, 5.74) is -1.57. The van der Waals surface area contributed by atoms with Crippen LogP contribution in [0.15, 0.2) is 103 Å². The topological polar surface area (TPSA) is 198 Å². The second-order valence-corrected chi connectivity index (χ2v) is 25.4. The first-order chi connectivity index (χ1) is 42.2. The number of esters is 3. The molecule has 1 aliphatic heterocycles. The van der Waals surface area contributed by atoms with E-state index in [1.165, 1.54) is 128 Å². The van der Waals surface area contributed by atoms with E-state index in [4.69, 9.17) is 42.6 Å². The number of amides is 1. The largest absolute Gasteiger partial charge is 0.509 e. The van der Waals surface area contributed by atoms with Crippen LogP contribution in [0.1, 0.15) is 260 Å². The van der Waals surface area contributed by atoms with E-state index < -0.39 is 97.0 Å². The normalized spacial score (nSPS) is 18.4. The SMILES string of the molecule is CCCCCCCCCCCCC/C=C/[C@@H](OC(=O)c1ccccc1)[C@H](CO[C@@]1(C)O[C@H](COC(=O)OC(C)(C)C)[C@H](OC(=O)OC(C)(C)C)[C@H](OC(=O)c2ccccc2)[C@H]1OC(=O)c1ccccc1)NC(=O)CCCCCCCCCCCCCCC. The van der Waals surface area contributed by atoms with Crippen LogP contribution in [-0.2, 0) is 47.4 Å². The summed E-state index contributed by atoms with van der Waals surface area (Å²) in [6.45, 7) is 14.6. The van der Waals surface area contributed by atoms with E-state index in [-0.39, 0.29) is 29.0 Å². The van der Waals surface area contributed by atoms with Gasteiger partial charge in [-0.25, -0.2) is 24.0 Å². The Bertz CT molecular complexity index is 2470. The molecular weight excluding hydrogens is 1120 g/mol. The van der Waals surface area contributed by atoms with Crippen molar-refractivity contribution >= 4 is 36.1 Å². The zero-order valence-electron chi connectivity index (χ0n) is 54.7. The van der Waals surface area contributed by atoms with E-state index in [0.29, 0.717) is 12.8 Å². The van der Waals surface area contributed by atoms with Gasteiger partial charge in [-0.05, 0) is 110 Å².